The first-order chi connectivity index (χ1) is 8.63. The molecule has 0 bridgehead atoms. The molecule has 0 saturated carbocycles. The number of aromatic nitrogens is 1. The first kappa shape index (κ1) is 15.0. The molecule has 1 aromatic heterocycles. The Morgan fingerprint density at radius 3 is 2.89 bits per heavy atom. The second-order valence-electron chi connectivity index (χ2n) is 4.33. The van der Waals surface area contributed by atoms with Crippen LogP contribution in [0.2, 0.25) is 0 Å². The lowest BCUT2D eigenvalue weighted by Crippen LogP contribution is -2.39. The lowest BCUT2D eigenvalue weighted by atomic mass is 10.1. The number of hydrogen-bond acceptors (Lipinski definition) is 4. The summed E-state index contributed by atoms with van der Waals surface area (Å²) in [5, 5.41) is 11.9. The number of aliphatic hydroxyl groups is 1. The number of nitrogens with one attached hydrogen (secondary N) is 1. The molecule has 2 N–H and O–H groups in total. The van der Waals surface area contributed by atoms with Gasteiger partial charge in [-0.1, -0.05) is 13.0 Å². The van der Waals surface area contributed by atoms with Crippen LogP contribution in [-0.4, -0.2) is 34.4 Å². The Bertz CT molecular complexity index is 359. The number of amides is 1. The van der Waals surface area contributed by atoms with Gasteiger partial charge in [-0.15, -0.1) is 11.8 Å². The monoisotopic (exact) mass is 268 g/mol. The standard InChI is InChI=1S/C13H20N2O2S/c1-10(7-16)11(2)15-13(17)9-18-8-12-5-3-4-6-14-12/h3-6,10-11,16H,7-9H2,1-2H3,(H,15,17). The van der Waals surface area contributed by atoms with Gasteiger partial charge in [0.1, 0.15) is 0 Å². The van der Waals surface area contributed by atoms with Crippen molar-refractivity contribution in [2.45, 2.75) is 25.6 Å². The molecule has 1 aromatic rings. The first-order valence-electron chi connectivity index (χ1n) is 6.01. The molecule has 1 heterocycles. The maximum absolute atomic E-state index is 11.6. The molecule has 0 fully saturated rings. The molecular weight excluding hydrogens is 248 g/mol. The highest BCUT2D eigenvalue weighted by Crippen LogP contribution is 2.09. The van der Waals surface area contributed by atoms with E-state index in [2.05, 4.69) is 10.3 Å². The molecule has 2 atom stereocenters. The number of nitrogens with zero attached hydrogens (tertiary/aromatic N) is 1. The van der Waals surface area contributed by atoms with Crippen molar-refractivity contribution < 1.29 is 9.90 Å². The summed E-state index contributed by atoms with van der Waals surface area (Å²) in [6.07, 6.45) is 1.75. The third kappa shape index (κ3) is 5.51. The zero-order chi connectivity index (χ0) is 13.4. The summed E-state index contributed by atoms with van der Waals surface area (Å²) in [5.41, 5.74) is 0.979. The molecule has 0 saturated heterocycles. The van der Waals surface area contributed by atoms with Crippen molar-refractivity contribution in [2.75, 3.05) is 12.4 Å². The van der Waals surface area contributed by atoms with Crippen LogP contribution in [-0.2, 0) is 10.5 Å². The quantitative estimate of drug-likeness (QED) is 0.785. The van der Waals surface area contributed by atoms with E-state index in [0.717, 1.165) is 11.4 Å². The number of hydrogen-bond donors (Lipinski definition) is 2. The zero-order valence-corrected chi connectivity index (χ0v) is 11.6. The molecule has 0 radical (unpaired) electrons. The molecule has 0 aliphatic carbocycles. The zero-order valence-electron chi connectivity index (χ0n) is 10.8. The van der Waals surface area contributed by atoms with Gasteiger partial charge in [0.05, 0.1) is 11.4 Å². The van der Waals surface area contributed by atoms with Gasteiger partial charge in [0, 0.05) is 24.6 Å². The fourth-order valence-electron chi connectivity index (χ4n) is 1.33. The van der Waals surface area contributed by atoms with Crippen molar-refractivity contribution in [1.82, 2.24) is 10.3 Å². The smallest absolute Gasteiger partial charge is 0.230 e. The second-order valence-corrected chi connectivity index (χ2v) is 5.32. The topological polar surface area (TPSA) is 62.2 Å². The lowest BCUT2D eigenvalue weighted by Gasteiger charge is -2.19. The lowest BCUT2D eigenvalue weighted by molar-refractivity contribution is -0.119. The predicted octanol–water partition coefficient (Wildman–Crippen LogP) is 1.45. The van der Waals surface area contributed by atoms with Crippen LogP contribution in [0.5, 0.6) is 0 Å². The van der Waals surface area contributed by atoms with Crippen LogP contribution in [0.1, 0.15) is 19.5 Å². The Morgan fingerprint density at radius 2 is 2.28 bits per heavy atom. The molecule has 0 aliphatic rings. The molecule has 1 amide bonds. The van der Waals surface area contributed by atoms with Crippen molar-refractivity contribution in [3.63, 3.8) is 0 Å². The van der Waals surface area contributed by atoms with Crippen molar-refractivity contribution in [3.05, 3.63) is 30.1 Å². The summed E-state index contributed by atoms with van der Waals surface area (Å²) in [6.45, 7) is 3.90. The third-order valence-corrected chi connectivity index (χ3v) is 3.71. The Morgan fingerprint density at radius 1 is 1.50 bits per heavy atom. The predicted molar refractivity (Wildman–Crippen MR) is 74.3 cm³/mol. The number of thioether (sulfide) groups is 1. The minimum atomic E-state index is -0.00190. The maximum Gasteiger partial charge on any atom is 0.230 e. The molecule has 0 spiro atoms. The van der Waals surface area contributed by atoms with Gasteiger partial charge in [-0.05, 0) is 25.0 Å². The molecule has 0 aromatic carbocycles. The number of pyridine rings is 1. The highest BCUT2D eigenvalue weighted by Gasteiger charge is 2.13. The Balaban J connectivity index is 2.21. The summed E-state index contributed by atoms with van der Waals surface area (Å²) in [4.78, 5) is 15.8. The van der Waals surface area contributed by atoms with Crippen molar-refractivity contribution >= 4 is 17.7 Å². The van der Waals surface area contributed by atoms with Crippen LogP contribution in [0, 0.1) is 5.92 Å². The Kier molecular flexibility index (Phi) is 6.75. The van der Waals surface area contributed by atoms with E-state index < -0.39 is 0 Å². The molecule has 100 valence electrons. The third-order valence-electron chi connectivity index (χ3n) is 2.74. The SMILES string of the molecule is CC(CO)C(C)NC(=O)CSCc1ccccn1. The van der Waals surface area contributed by atoms with E-state index in [1.807, 2.05) is 32.0 Å². The van der Waals surface area contributed by atoms with Crippen LogP contribution >= 0.6 is 11.8 Å². The molecule has 18 heavy (non-hydrogen) atoms. The first-order valence-corrected chi connectivity index (χ1v) is 7.16. The van der Waals surface area contributed by atoms with Gasteiger partial charge >= 0.3 is 0 Å². The van der Waals surface area contributed by atoms with Gasteiger partial charge in [-0.25, -0.2) is 0 Å². The number of carbonyl (C=O) groups excluding carboxylic acids is 1. The van der Waals surface area contributed by atoms with E-state index in [4.69, 9.17) is 5.11 Å². The highest BCUT2D eigenvalue weighted by molar-refractivity contribution is 7.99. The Labute approximate surface area is 112 Å². The highest BCUT2D eigenvalue weighted by atomic mass is 32.2. The van der Waals surface area contributed by atoms with Gasteiger partial charge in [-0.3, -0.25) is 9.78 Å². The van der Waals surface area contributed by atoms with Gasteiger partial charge in [-0.2, -0.15) is 0 Å². The average molecular weight is 268 g/mol. The van der Waals surface area contributed by atoms with Crippen LogP contribution < -0.4 is 5.32 Å². The van der Waals surface area contributed by atoms with E-state index in [-0.39, 0.29) is 24.5 Å². The van der Waals surface area contributed by atoms with Gasteiger partial charge in [0.15, 0.2) is 0 Å². The summed E-state index contributed by atoms with van der Waals surface area (Å²) in [5.74, 6) is 1.23. The molecule has 4 nitrogen and oxygen atoms in total. The van der Waals surface area contributed by atoms with E-state index in [1.54, 1.807) is 6.20 Å². The van der Waals surface area contributed by atoms with Gasteiger partial charge < -0.3 is 10.4 Å². The summed E-state index contributed by atoms with van der Waals surface area (Å²) in [6, 6.07) is 5.76. The molecule has 5 heteroatoms. The minimum absolute atomic E-state index is 0.00190. The van der Waals surface area contributed by atoms with E-state index >= 15 is 0 Å². The molecule has 1 rings (SSSR count). The number of carbonyl (C=O) groups is 1. The fraction of sp³-hybridized carbons (Fsp3) is 0.538. The van der Waals surface area contributed by atoms with Crippen LogP contribution in [0.3, 0.4) is 0 Å². The van der Waals surface area contributed by atoms with Crippen molar-refractivity contribution in [2.24, 2.45) is 5.92 Å². The summed E-state index contributed by atoms with van der Waals surface area (Å²) >= 11 is 1.54. The number of aliphatic hydroxyl groups excluding tert-OH is 1. The number of rotatable bonds is 7. The summed E-state index contributed by atoms with van der Waals surface area (Å²) in [7, 11) is 0. The average Bonchev–Trinajstić information content (AvgIpc) is 2.38. The fourth-order valence-corrected chi connectivity index (χ4v) is 2.08. The normalized spacial score (nSPS) is 13.9. The van der Waals surface area contributed by atoms with Crippen LogP contribution in [0.4, 0.5) is 0 Å². The molecule has 2 unspecified atom stereocenters. The summed E-state index contributed by atoms with van der Waals surface area (Å²) < 4.78 is 0. The van der Waals surface area contributed by atoms with Crippen molar-refractivity contribution in [1.29, 1.82) is 0 Å². The Hall–Kier alpha value is -1.07. The van der Waals surface area contributed by atoms with Gasteiger partial charge in [0.2, 0.25) is 5.91 Å². The second kappa shape index (κ2) is 8.11. The van der Waals surface area contributed by atoms with Crippen molar-refractivity contribution in [3.8, 4) is 0 Å². The molecule has 0 aliphatic heterocycles. The van der Waals surface area contributed by atoms with Crippen LogP contribution in [0.15, 0.2) is 24.4 Å². The minimum Gasteiger partial charge on any atom is -0.396 e. The maximum atomic E-state index is 11.6. The van der Waals surface area contributed by atoms with E-state index in [1.165, 1.54) is 11.8 Å². The van der Waals surface area contributed by atoms with Gasteiger partial charge in [0.25, 0.3) is 0 Å². The van der Waals surface area contributed by atoms with E-state index in [9.17, 15) is 4.79 Å². The molecular formula is C13H20N2O2S. The largest absolute Gasteiger partial charge is 0.396 e. The van der Waals surface area contributed by atoms with Crippen LogP contribution in [0.25, 0.3) is 0 Å². The van der Waals surface area contributed by atoms with E-state index in [0.29, 0.717) is 5.75 Å².